The zero-order valence-electron chi connectivity index (χ0n) is 11.6. The van der Waals surface area contributed by atoms with Crippen LogP contribution in [0, 0.1) is 0 Å². The summed E-state index contributed by atoms with van der Waals surface area (Å²) in [7, 11) is 1.57. The van der Waals surface area contributed by atoms with Crippen molar-refractivity contribution in [2.75, 3.05) is 69.5 Å². The van der Waals surface area contributed by atoms with Crippen molar-refractivity contribution in [2.24, 2.45) is 0 Å². The quantitative estimate of drug-likeness (QED) is 0.738. The van der Waals surface area contributed by atoms with Crippen LogP contribution in [0.1, 0.15) is 0 Å². The molecule has 0 amide bonds. The molecule has 0 bridgehead atoms. The highest BCUT2D eigenvalue weighted by Crippen LogP contribution is 2.19. The van der Waals surface area contributed by atoms with Crippen LogP contribution in [0.15, 0.2) is 0 Å². The van der Waals surface area contributed by atoms with Gasteiger partial charge in [0.2, 0.25) is 11.9 Å². The highest BCUT2D eigenvalue weighted by Gasteiger charge is 2.20. The Morgan fingerprint density at radius 2 is 1.25 bits per heavy atom. The van der Waals surface area contributed by atoms with Crippen LogP contribution in [-0.2, 0) is 9.47 Å². The molecular formula is C12H19N5O3. The number of ether oxygens (including phenoxy) is 3. The van der Waals surface area contributed by atoms with Crippen LogP contribution in [0.2, 0.25) is 0 Å². The van der Waals surface area contributed by atoms with Crippen LogP contribution in [0.25, 0.3) is 0 Å². The van der Waals surface area contributed by atoms with Crippen molar-refractivity contribution in [3.63, 3.8) is 0 Å². The lowest BCUT2D eigenvalue weighted by atomic mass is 10.4. The minimum atomic E-state index is 0.350. The monoisotopic (exact) mass is 281 g/mol. The Morgan fingerprint density at radius 3 is 1.65 bits per heavy atom. The van der Waals surface area contributed by atoms with Crippen LogP contribution in [0.4, 0.5) is 11.9 Å². The molecule has 0 unspecified atom stereocenters. The molecule has 2 aliphatic heterocycles. The Bertz CT molecular complexity index is 410. The molecule has 8 nitrogen and oxygen atoms in total. The van der Waals surface area contributed by atoms with Gasteiger partial charge in [-0.05, 0) is 0 Å². The number of anilines is 2. The third-order valence-corrected chi connectivity index (χ3v) is 3.36. The van der Waals surface area contributed by atoms with E-state index in [1.807, 2.05) is 0 Å². The molecular weight excluding hydrogens is 262 g/mol. The molecule has 20 heavy (non-hydrogen) atoms. The first-order chi connectivity index (χ1) is 9.86. The Labute approximate surface area is 117 Å². The van der Waals surface area contributed by atoms with E-state index in [0.717, 1.165) is 26.2 Å². The van der Waals surface area contributed by atoms with E-state index in [9.17, 15) is 0 Å². The number of hydrogen-bond donors (Lipinski definition) is 0. The lowest BCUT2D eigenvalue weighted by molar-refractivity contribution is 0.121. The summed E-state index contributed by atoms with van der Waals surface area (Å²) < 4.78 is 15.9. The fourth-order valence-electron chi connectivity index (χ4n) is 2.24. The molecule has 1 aromatic heterocycles. The van der Waals surface area contributed by atoms with E-state index in [1.54, 1.807) is 7.11 Å². The minimum absolute atomic E-state index is 0.350. The number of rotatable bonds is 3. The molecule has 3 rings (SSSR count). The topological polar surface area (TPSA) is 72.8 Å². The summed E-state index contributed by atoms with van der Waals surface area (Å²) in [6, 6.07) is 0.350. The van der Waals surface area contributed by atoms with Gasteiger partial charge in [0, 0.05) is 26.2 Å². The van der Waals surface area contributed by atoms with Gasteiger partial charge in [0.1, 0.15) is 0 Å². The molecule has 1 aromatic rings. The predicted octanol–water partition coefficient (Wildman–Crippen LogP) is -0.447. The SMILES string of the molecule is COc1nc(N2CCOCC2)nc(N2CCOCC2)n1. The second kappa shape index (κ2) is 6.19. The van der Waals surface area contributed by atoms with E-state index in [-0.39, 0.29) is 0 Å². The molecule has 2 aliphatic rings. The van der Waals surface area contributed by atoms with E-state index < -0.39 is 0 Å². The normalized spacial score (nSPS) is 20.1. The molecule has 0 aliphatic carbocycles. The van der Waals surface area contributed by atoms with Crippen LogP contribution in [0.3, 0.4) is 0 Å². The first kappa shape index (κ1) is 13.3. The third kappa shape index (κ3) is 2.91. The van der Waals surface area contributed by atoms with Crippen molar-refractivity contribution in [3.05, 3.63) is 0 Å². The van der Waals surface area contributed by atoms with Gasteiger partial charge in [-0.15, -0.1) is 0 Å². The summed E-state index contributed by atoms with van der Waals surface area (Å²) in [5, 5.41) is 0. The largest absolute Gasteiger partial charge is 0.467 e. The van der Waals surface area contributed by atoms with Gasteiger partial charge in [0.15, 0.2) is 0 Å². The Kier molecular flexibility index (Phi) is 4.12. The maximum absolute atomic E-state index is 5.35. The van der Waals surface area contributed by atoms with Crippen molar-refractivity contribution in [1.82, 2.24) is 15.0 Å². The van der Waals surface area contributed by atoms with Gasteiger partial charge in [-0.1, -0.05) is 0 Å². The smallest absolute Gasteiger partial charge is 0.322 e. The summed E-state index contributed by atoms with van der Waals surface area (Å²) >= 11 is 0. The number of methoxy groups -OCH3 is 1. The molecule has 3 heterocycles. The highest BCUT2D eigenvalue weighted by atomic mass is 16.5. The van der Waals surface area contributed by atoms with Crippen LogP contribution in [-0.4, -0.2) is 74.7 Å². The van der Waals surface area contributed by atoms with Crippen LogP contribution in [0.5, 0.6) is 6.01 Å². The average Bonchev–Trinajstić information content (AvgIpc) is 2.56. The first-order valence-electron chi connectivity index (χ1n) is 6.82. The molecule has 0 saturated carbocycles. The van der Waals surface area contributed by atoms with Crippen molar-refractivity contribution in [3.8, 4) is 6.01 Å². The number of nitrogens with zero attached hydrogens (tertiary/aromatic N) is 5. The van der Waals surface area contributed by atoms with E-state index in [2.05, 4.69) is 24.8 Å². The van der Waals surface area contributed by atoms with Gasteiger partial charge in [-0.2, -0.15) is 15.0 Å². The lowest BCUT2D eigenvalue weighted by Gasteiger charge is -2.29. The van der Waals surface area contributed by atoms with Crippen LogP contribution < -0.4 is 14.5 Å². The van der Waals surface area contributed by atoms with E-state index in [1.165, 1.54) is 0 Å². The van der Waals surface area contributed by atoms with Crippen molar-refractivity contribution < 1.29 is 14.2 Å². The van der Waals surface area contributed by atoms with Crippen molar-refractivity contribution in [1.29, 1.82) is 0 Å². The fraction of sp³-hybridized carbons (Fsp3) is 0.750. The molecule has 8 heteroatoms. The molecule has 0 atom stereocenters. The average molecular weight is 281 g/mol. The Morgan fingerprint density at radius 1 is 0.800 bits per heavy atom. The van der Waals surface area contributed by atoms with E-state index in [0.29, 0.717) is 44.3 Å². The van der Waals surface area contributed by atoms with Gasteiger partial charge >= 0.3 is 6.01 Å². The summed E-state index contributed by atoms with van der Waals surface area (Å²) in [6.07, 6.45) is 0. The second-order valence-electron chi connectivity index (χ2n) is 4.62. The molecule has 0 N–H and O–H groups in total. The lowest BCUT2D eigenvalue weighted by Crippen LogP contribution is -2.40. The van der Waals surface area contributed by atoms with Gasteiger partial charge in [-0.3, -0.25) is 0 Å². The standard InChI is InChI=1S/C12H19N5O3/c1-18-12-14-10(16-2-6-19-7-3-16)13-11(15-12)17-4-8-20-9-5-17/h2-9H2,1H3. The van der Waals surface area contributed by atoms with E-state index >= 15 is 0 Å². The maximum Gasteiger partial charge on any atom is 0.322 e. The van der Waals surface area contributed by atoms with E-state index in [4.69, 9.17) is 14.2 Å². The number of morpholine rings is 2. The molecule has 2 fully saturated rings. The number of hydrogen-bond acceptors (Lipinski definition) is 8. The van der Waals surface area contributed by atoms with Gasteiger partial charge < -0.3 is 24.0 Å². The molecule has 110 valence electrons. The van der Waals surface area contributed by atoms with Gasteiger partial charge in [-0.25, -0.2) is 0 Å². The first-order valence-corrected chi connectivity index (χ1v) is 6.82. The third-order valence-electron chi connectivity index (χ3n) is 3.36. The molecule has 0 radical (unpaired) electrons. The molecule has 2 saturated heterocycles. The summed E-state index contributed by atoms with van der Waals surface area (Å²) in [5.41, 5.74) is 0. The summed E-state index contributed by atoms with van der Waals surface area (Å²) in [5.74, 6) is 1.31. The van der Waals surface area contributed by atoms with Crippen LogP contribution >= 0.6 is 0 Å². The maximum atomic E-state index is 5.35. The van der Waals surface area contributed by atoms with Gasteiger partial charge in [0.25, 0.3) is 0 Å². The zero-order valence-corrected chi connectivity index (χ0v) is 11.6. The fourth-order valence-corrected chi connectivity index (χ4v) is 2.24. The highest BCUT2D eigenvalue weighted by molar-refractivity contribution is 5.40. The molecule has 0 spiro atoms. The minimum Gasteiger partial charge on any atom is -0.467 e. The zero-order chi connectivity index (χ0) is 13.8. The Balaban J connectivity index is 1.85. The molecule has 0 aromatic carbocycles. The van der Waals surface area contributed by atoms with Crippen molar-refractivity contribution >= 4 is 11.9 Å². The number of aromatic nitrogens is 3. The van der Waals surface area contributed by atoms with Crippen molar-refractivity contribution in [2.45, 2.75) is 0 Å². The summed E-state index contributed by atoms with van der Waals surface area (Å²) in [6.45, 7) is 5.93. The predicted molar refractivity (Wildman–Crippen MR) is 72.4 cm³/mol. The second-order valence-corrected chi connectivity index (χ2v) is 4.62. The summed E-state index contributed by atoms with van der Waals surface area (Å²) in [4.78, 5) is 17.4. The van der Waals surface area contributed by atoms with Gasteiger partial charge in [0.05, 0.1) is 33.5 Å². The Hall–Kier alpha value is -1.67.